The molecule has 132 valence electrons. The van der Waals surface area contributed by atoms with E-state index in [1.165, 1.54) is 0 Å². The minimum absolute atomic E-state index is 0.0495. The molecule has 1 amide bonds. The molecule has 0 N–H and O–H groups in total. The molecule has 26 heavy (non-hydrogen) atoms. The normalized spacial score (nSPS) is 18.7. The highest BCUT2D eigenvalue weighted by Crippen LogP contribution is 2.47. The fourth-order valence-electron chi connectivity index (χ4n) is 3.78. The van der Waals surface area contributed by atoms with Crippen LogP contribution >= 0.6 is 0 Å². The Labute approximate surface area is 150 Å². The van der Waals surface area contributed by atoms with E-state index in [2.05, 4.69) is 19.7 Å². The molecule has 0 bridgehead atoms. The number of amides is 1. The van der Waals surface area contributed by atoms with Crippen molar-refractivity contribution in [1.82, 2.24) is 19.7 Å². The molecule has 2 aliphatic rings. The van der Waals surface area contributed by atoms with Crippen LogP contribution in [0, 0.1) is 0 Å². The predicted octanol–water partition coefficient (Wildman–Crippen LogP) is 3.40. The molecule has 0 spiro atoms. The highest BCUT2D eigenvalue weighted by Gasteiger charge is 2.42. The molecule has 0 aliphatic carbocycles. The summed E-state index contributed by atoms with van der Waals surface area (Å²) in [5.74, 6) is 1.19. The second-order valence-electron chi connectivity index (χ2n) is 7.83. The summed E-state index contributed by atoms with van der Waals surface area (Å²) in [5, 5.41) is 4.16. The summed E-state index contributed by atoms with van der Waals surface area (Å²) in [6, 6.07) is 7.86. The SMILES string of the molecule is CC(C)(C)c1nc(-c2ncn3c2[C@@H]2CCC(=O)N2c2ccccc2-3)no1. The highest BCUT2D eigenvalue weighted by atomic mass is 16.5. The molecule has 0 radical (unpaired) electrons. The smallest absolute Gasteiger partial charge is 0.232 e. The van der Waals surface area contributed by atoms with Crippen molar-refractivity contribution in [1.29, 1.82) is 0 Å². The van der Waals surface area contributed by atoms with Crippen LogP contribution in [0.15, 0.2) is 35.1 Å². The van der Waals surface area contributed by atoms with E-state index in [9.17, 15) is 4.79 Å². The first-order chi connectivity index (χ1) is 12.4. The van der Waals surface area contributed by atoms with Gasteiger partial charge >= 0.3 is 0 Å². The van der Waals surface area contributed by atoms with Crippen molar-refractivity contribution in [2.24, 2.45) is 0 Å². The van der Waals surface area contributed by atoms with E-state index in [1.807, 2.05) is 49.9 Å². The summed E-state index contributed by atoms with van der Waals surface area (Å²) in [4.78, 5) is 23.6. The third kappa shape index (κ3) is 2.00. The number of imidazole rings is 1. The lowest BCUT2D eigenvalue weighted by molar-refractivity contribution is -0.117. The van der Waals surface area contributed by atoms with Crippen LogP contribution in [0.5, 0.6) is 0 Å². The number of para-hydroxylation sites is 2. The summed E-state index contributed by atoms with van der Waals surface area (Å²) in [7, 11) is 0. The molecule has 5 rings (SSSR count). The first-order valence-corrected chi connectivity index (χ1v) is 8.78. The molecule has 1 saturated heterocycles. The van der Waals surface area contributed by atoms with Gasteiger partial charge in [0.2, 0.25) is 17.6 Å². The maximum absolute atomic E-state index is 12.5. The number of hydrogen-bond acceptors (Lipinski definition) is 5. The molecule has 4 heterocycles. The molecular weight excluding hydrogens is 330 g/mol. The highest BCUT2D eigenvalue weighted by molar-refractivity contribution is 5.99. The summed E-state index contributed by atoms with van der Waals surface area (Å²) < 4.78 is 7.51. The molecule has 3 aromatic rings. The largest absolute Gasteiger partial charge is 0.338 e. The van der Waals surface area contributed by atoms with E-state index >= 15 is 0 Å². The van der Waals surface area contributed by atoms with E-state index in [1.54, 1.807) is 6.33 Å². The summed E-state index contributed by atoms with van der Waals surface area (Å²) in [6.07, 6.45) is 3.08. The van der Waals surface area contributed by atoms with Gasteiger partial charge in [0, 0.05) is 11.8 Å². The zero-order valence-corrected chi connectivity index (χ0v) is 14.9. The standard InChI is InChI=1S/C19H19N5O2/c1-19(2,3)18-21-17(22-26-18)15-16-13-8-9-14(25)24(13)12-7-5-4-6-11(12)23(16)10-20-15/h4-7,10,13H,8-9H2,1-3H3/t13-/m0/s1. The van der Waals surface area contributed by atoms with E-state index in [-0.39, 0.29) is 17.4 Å². The van der Waals surface area contributed by atoms with E-state index in [4.69, 9.17) is 4.52 Å². The molecule has 2 aliphatic heterocycles. The van der Waals surface area contributed by atoms with Crippen LogP contribution in [0.3, 0.4) is 0 Å². The number of carbonyl (C=O) groups excluding carboxylic acids is 1. The van der Waals surface area contributed by atoms with Gasteiger partial charge in [0.25, 0.3) is 0 Å². The lowest BCUT2D eigenvalue weighted by Crippen LogP contribution is -2.33. The Bertz CT molecular complexity index is 1030. The molecule has 1 fully saturated rings. The molecule has 7 nitrogen and oxygen atoms in total. The zero-order chi connectivity index (χ0) is 18.1. The second kappa shape index (κ2) is 5.03. The van der Waals surface area contributed by atoms with Gasteiger partial charge in [-0.25, -0.2) is 4.98 Å². The van der Waals surface area contributed by atoms with Crippen molar-refractivity contribution in [2.75, 3.05) is 4.90 Å². The van der Waals surface area contributed by atoms with Crippen molar-refractivity contribution in [3.05, 3.63) is 42.2 Å². The Morgan fingerprint density at radius 2 is 1.96 bits per heavy atom. The number of nitrogens with zero attached hydrogens (tertiary/aromatic N) is 5. The van der Waals surface area contributed by atoms with Gasteiger partial charge in [-0.3, -0.25) is 9.36 Å². The number of hydrogen-bond donors (Lipinski definition) is 0. The van der Waals surface area contributed by atoms with Gasteiger partial charge in [-0.2, -0.15) is 4.98 Å². The Hall–Kier alpha value is -2.96. The molecule has 0 unspecified atom stereocenters. The number of aromatic nitrogens is 4. The van der Waals surface area contributed by atoms with Crippen LogP contribution < -0.4 is 4.90 Å². The number of carbonyl (C=O) groups is 1. The third-order valence-electron chi connectivity index (χ3n) is 5.01. The predicted molar refractivity (Wildman–Crippen MR) is 95.0 cm³/mol. The van der Waals surface area contributed by atoms with Crippen LogP contribution in [0.1, 0.15) is 51.2 Å². The zero-order valence-electron chi connectivity index (χ0n) is 14.9. The van der Waals surface area contributed by atoms with Gasteiger partial charge in [-0.1, -0.05) is 38.1 Å². The van der Waals surface area contributed by atoms with Crippen LogP contribution in [0.4, 0.5) is 5.69 Å². The quantitative estimate of drug-likeness (QED) is 0.673. The fourth-order valence-corrected chi connectivity index (χ4v) is 3.78. The Kier molecular flexibility index (Phi) is 2.96. The Morgan fingerprint density at radius 3 is 2.69 bits per heavy atom. The van der Waals surface area contributed by atoms with Crippen molar-refractivity contribution in [2.45, 2.75) is 45.1 Å². The van der Waals surface area contributed by atoms with Gasteiger partial charge in [0.1, 0.15) is 12.0 Å². The van der Waals surface area contributed by atoms with Gasteiger partial charge in [-0.05, 0) is 18.6 Å². The van der Waals surface area contributed by atoms with E-state index < -0.39 is 0 Å². The van der Waals surface area contributed by atoms with Gasteiger partial charge in [0.15, 0.2) is 0 Å². The summed E-state index contributed by atoms with van der Waals surface area (Å²) >= 11 is 0. The van der Waals surface area contributed by atoms with Crippen molar-refractivity contribution in [3.63, 3.8) is 0 Å². The lowest BCUT2D eigenvalue weighted by atomic mass is 9.97. The van der Waals surface area contributed by atoms with Gasteiger partial charge in [0.05, 0.1) is 23.1 Å². The number of fused-ring (bicyclic) bond motifs is 6. The van der Waals surface area contributed by atoms with E-state index in [0.717, 1.165) is 23.5 Å². The maximum Gasteiger partial charge on any atom is 0.232 e. The van der Waals surface area contributed by atoms with Crippen molar-refractivity contribution >= 4 is 11.6 Å². The first kappa shape index (κ1) is 15.3. The van der Waals surface area contributed by atoms with Crippen LogP contribution in [-0.2, 0) is 10.2 Å². The van der Waals surface area contributed by atoms with Gasteiger partial charge < -0.3 is 9.42 Å². The third-order valence-corrected chi connectivity index (χ3v) is 5.01. The van der Waals surface area contributed by atoms with E-state index in [0.29, 0.717) is 23.8 Å². The molecule has 1 aromatic carbocycles. The molecular formula is C19H19N5O2. The average Bonchev–Trinajstić information content (AvgIpc) is 3.31. The molecule has 2 aromatic heterocycles. The Morgan fingerprint density at radius 1 is 1.19 bits per heavy atom. The average molecular weight is 349 g/mol. The first-order valence-electron chi connectivity index (χ1n) is 8.78. The van der Waals surface area contributed by atoms with Crippen molar-refractivity contribution in [3.8, 4) is 17.2 Å². The summed E-state index contributed by atoms with van der Waals surface area (Å²) in [5.41, 5.74) is 3.29. The Balaban J connectivity index is 1.71. The molecule has 1 atom stereocenters. The number of anilines is 1. The summed E-state index contributed by atoms with van der Waals surface area (Å²) in [6.45, 7) is 6.08. The molecule has 0 saturated carbocycles. The number of benzene rings is 1. The minimum Gasteiger partial charge on any atom is -0.338 e. The van der Waals surface area contributed by atoms with Crippen LogP contribution in [0.2, 0.25) is 0 Å². The number of rotatable bonds is 1. The van der Waals surface area contributed by atoms with Gasteiger partial charge in [-0.15, -0.1) is 0 Å². The fraction of sp³-hybridized carbons (Fsp3) is 0.368. The van der Waals surface area contributed by atoms with Crippen molar-refractivity contribution < 1.29 is 9.32 Å². The lowest BCUT2D eigenvalue weighted by Gasteiger charge is -2.33. The monoisotopic (exact) mass is 349 g/mol. The van der Waals surface area contributed by atoms with Crippen LogP contribution in [-0.4, -0.2) is 25.6 Å². The van der Waals surface area contributed by atoms with Crippen LogP contribution in [0.25, 0.3) is 17.2 Å². The molecule has 7 heteroatoms. The second-order valence-corrected chi connectivity index (χ2v) is 7.83. The maximum atomic E-state index is 12.5. The minimum atomic E-state index is -0.229. The topological polar surface area (TPSA) is 77.1 Å².